The fraction of sp³-hybridized carbons (Fsp3) is 0.100. The third-order valence-electron chi connectivity index (χ3n) is 2.40. The maximum Gasteiger partial charge on any atom is 0.435 e. The van der Waals surface area contributed by atoms with Crippen molar-refractivity contribution in [1.29, 1.82) is 0 Å². The van der Waals surface area contributed by atoms with Gasteiger partial charge in [-0.15, -0.1) is 5.48 Å². The largest absolute Gasteiger partial charge is 0.435 e. The van der Waals surface area contributed by atoms with Crippen molar-refractivity contribution in [3.8, 4) is 0 Å². The number of fused-ring (bicyclic) bond motifs is 3. The molecule has 1 atom stereocenters. The number of nitrogens with zero attached hydrogens (tertiary/aromatic N) is 1. The van der Waals surface area contributed by atoms with E-state index in [0.29, 0.717) is 0 Å². The van der Waals surface area contributed by atoms with Crippen LogP contribution < -0.4 is 10.4 Å². The molecule has 70 valence electrons. The molecule has 1 amide bonds. The molecule has 1 aromatic rings. The van der Waals surface area contributed by atoms with Crippen molar-refractivity contribution in [3.05, 3.63) is 35.9 Å². The molecule has 0 spiro atoms. The number of nitrogens with one attached hydrogen (secondary N) is 1. The SMILES string of the molecule is O=C1ONC2C=Cc3ccccc3N12. The number of hydrogen-bond donors (Lipinski definition) is 1. The number of rotatable bonds is 0. The quantitative estimate of drug-likeness (QED) is 0.670. The summed E-state index contributed by atoms with van der Waals surface area (Å²) in [5.41, 5.74) is 4.55. The van der Waals surface area contributed by atoms with Crippen LogP contribution in [0.25, 0.3) is 6.08 Å². The van der Waals surface area contributed by atoms with Gasteiger partial charge in [0.15, 0.2) is 0 Å². The summed E-state index contributed by atoms with van der Waals surface area (Å²) in [6.07, 6.45) is 3.35. The Labute approximate surface area is 80.7 Å². The van der Waals surface area contributed by atoms with E-state index in [9.17, 15) is 4.79 Å². The van der Waals surface area contributed by atoms with Crippen LogP contribution in [0.2, 0.25) is 0 Å². The summed E-state index contributed by atoms with van der Waals surface area (Å²) in [5, 5.41) is 0. The Morgan fingerprint density at radius 2 is 2.21 bits per heavy atom. The summed E-state index contributed by atoms with van der Waals surface area (Å²) in [6.45, 7) is 0. The summed E-state index contributed by atoms with van der Waals surface area (Å²) in [4.78, 5) is 17.7. The van der Waals surface area contributed by atoms with E-state index in [-0.39, 0.29) is 12.3 Å². The van der Waals surface area contributed by atoms with Crippen molar-refractivity contribution in [1.82, 2.24) is 5.48 Å². The molecule has 0 aromatic heterocycles. The van der Waals surface area contributed by atoms with Crippen LogP contribution in [-0.2, 0) is 4.84 Å². The number of anilines is 1. The van der Waals surface area contributed by atoms with E-state index in [1.807, 2.05) is 36.4 Å². The Hall–Kier alpha value is -1.81. The van der Waals surface area contributed by atoms with E-state index in [1.54, 1.807) is 4.90 Å². The lowest BCUT2D eigenvalue weighted by atomic mass is 10.1. The topological polar surface area (TPSA) is 41.6 Å². The fourth-order valence-corrected chi connectivity index (χ4v) is 1.74. The number of benzene rings is 1. The second kappa shape index (κ2) is 2.59. The van der Waals surface area contributed by atoms with Crippen LogP contribution in [-0.4, -0.2) is 12.3 Å². The van der Waals surface area contributed by atoms with Crippen molar-refractivity contribution in [2.24, 2.45) is 0 Å². The zero-order chi connectivity index (χ0) is 9.54. The second-order valence-corrected chi connectivity index (χ2v) is 3.22. The summed E-state index contributed by atoms with van der Waals surface area (Å²) in [6, 6.07) is 7.72. The predicted octanol–water partition coefficient (Wildman–Crippen LogP) is 1.50. The zero-order valence-corrected chi connectivity index (χ0v) is 7.31. The molecule has 4 nitrogen and oxygen atoms in total. The first-order valence-corrected chi connectivity index (χ1v) is 4.39. The van der Waals surface area contributed by atoms with Gasteiger partial charge in [0.05, 0.1) is 5.69 Å². The number of para-hydroxylation sites is 1. The van der Waals surface area contributed by atoms with Crippen molar-refractivity contribution >= 4 is 17.9 Å². The summed E-state index contributed by atoms with van der Waals surface area (Å²) >= 11 is 0. The Bertz CT molecular complexity index is 428. The summed E-state index contributed by atoms with van der Waals surface area (Å²) < 4.78 is 0. The third-order valence-corrected chi connectivity index (χ3v) is 2.40. The molecule has 1 saturated heterocycles. The van der Waals surface area contributed by atoms with E-state index < -0.39 is 0 Å². The minimum Gasteiger partial charge on any atom is -0.351 e. The minimum absolute atomic E-state index is 0.169. The first-order valence-electron chi connectivity index (χ1n) is 4.39. The molecule has 1 unspecified atom stereocenters. The molecular formula is C10H8N2O2. The molecule has 2 heterocycles. The predicted molar refractivity (Wildman–Crippen MR) is 51.4 cm³/mol. The van der Waals surface area contributed by atoms with Crippen molar-refractivity contribution in [3.63, 3.8) is 0 Å². The lowest BCUT2D eigenvalue weighted by Crippen LogP contribution is -2.37. The van der Waals surface area contributed by atoms with E-state index >= 15 is 0 Å². The van der Waals surface area contributed by atoms with Crippen LogP contribution in [0.1, 0.15) is 5.56 Å². The first-order chi connectivity index (χ1) is 6.86. The average Bonchev–Trinajstić information content (AvgIpc) is 2.61. The van der Waals surface area contributed by atoms with Gasteiger partial charge in [-0.05, 0) is 17.7 Å². The Kier molecular flexibility index (Phi) is 1.40. The number of amides is 1. The van der Waals surface area contributed by atoms with Gasteiger partial charge < -0.3 is 4.84 Å². The van der Waals surface area contributed by atoms with E-state index in [2.05, 4.69) is 5.48 Å². The molecule has 1 aromatic carbocycles. The highest BCUT2D eigenvalue weighted by atomic mass is 16.7. The highest BCUT2D eigenvalue weighted by Crippen LogP contribution is 2.30. The van der Waals surface area contributed by atoms with Crippen LogP contribution in [0.15, 0.2) is 30.3 Å². The van der Waals surface area contributed by atoms with Gasteiger partial charge in [0.25, 0.3) is 0 Å². The smallest absolute Gasteiger partial charge is 0.351 e. The molecular weight excluding hydrogens is 180 g/mol. The van der Waals surface area contributed by atoms with Gasteiger partial charge in [-0.2, -0.15) is 0 Å². The zero-order valence-electron chi connectivity index (χ0n) is 7.31. The van der Waals surface area contributed by atoms with Gasteiger partial charge in [0.1, 0.15) is 6.17 Å². The lowest BCUT2D eigenvalue weighted by molar-refractivity contribution is 0.127. The molecule has 3 rings (SSSR count). The summed E-state index contributed by atoms with van der Waals surface area (Å²) in [7, 11) is 0. The molecule has 2 aliphatic heterocycles. The standard InChI is InChI=1S/C10H8N2O2/c13-10-12-8-4-2-1-3-7(8)5-6-9(12)11-14-10/h1-6,9,11H. The van der Waals surface area contributed by atoms with Crippen LogP contribution >= 0.6 is 0 Å². The Balaban J connectivity index is 2.17. The van der Waals surface area contributed by atoms with Crippen LogP contribution in [0.3, 0.4) is 0 Å². The van der Waals surface area contributed by atoms with Gasteiger partial charge in [-0.3, -0.25) is 4.90 Å². The summed E-state index contributed by atoms with van der Waals surface area (Å²) in [5.74, 6) is 0. The molecule has 0 radical (unpaired) electrons. The molecule has 0 saturated carbocycles. The molecule has 4 heteroatoms. The minimum atomic E-state index is -0.355. The number of carbonyl (C=O) groups excluding carboxylic acids is 1. The Morgan fingerprint density at radius 1 is 1.36 bits per heavy atom. The molecule has 0 aliphatic carbocycles. The average molecular weight is 188 g/mol. The van der Waals surface area contributed by atoms with Crippen molar-refractivity contribution in [2.45, 2.75) is 6.17 Å². The molecule has 1 N–H and O–H groups in total. The fourth-order valence-electron chi connectivity index (χ4n) is 1.74. The Morgan fingerprint density at radius 3 is 3.14 bits per heavy atom. The number of carbonyl (C=O) groups is 1. The van der Waals surface area contributed by atoms with Gasteiger partial charge in [0.2, 0.25) is 0 Å². The highest BCUT2D eigenvalue weighted by Gasteiger charge is 2.35. The molecule has 1 fully saturated rings. The van der Waals surface area contributed by atoms with Gasteiger partial charge in [0, 0.05) is 0 Å². The van der Waals surface area contributed by atoms with Crippen LogP contribution in [0, 0.1) is 0 Å². The second-order valence-electron chi connectivity index (χ2n) is 3.22. The maximum atomic E-state index is 11.4. The van der Waals surface area contributed by atoms with E-state index in [4.69, 9.17) is 4.84 Å². The van der Waals surface area contributed by atoms with Crippen molar-refractivity contribution < 1.29 is 9.63 Å². The lowest BCUT2D eigenvalue weighted by Gasteiger charge is -2.23. The van der Waals surface area contributed by atoms with Gasteiger partial charge >= 0.3 is 6.09 Å². The van der Waals surface area contributed by atoms with E-state index in [1.165, 1.54) is 0 Å². The highest BCUT2D eigenvalue weighted by molar-refractivity contribution is 5.94. The normalized spacial score (nSPS) is 23.0. The van der Waals surface area contributed by atoms with Crippen LogP contribution in [0.5, 0.6) is 0 Å². The first kappa shape index (κ1) is 7.58. The number of hydroxylamine groups is 1. The van der Waals surface area contributed by atoms with Crippen LogP contribution in [0.4, 0.5) is 10.5 Å². The maximum absolute atomic E-state index is 11.4. The third kappa shape index (κ3) is 0.885. The molecule has 2 aliphatic rings. The molecule has 14 heavy (non-hydrogen) atoms. The van der Waals surface area contributed by atoms with Gasteiger partial charge in [-0.25, -0.2) is 4.79 Å². The monoisotopic (exact) mass is 188 g/mol. The van der Waals surface area contributed by atoms with Gasteiger partial charge in [-0.1, -0.05) is 24.3 Å². The number of hydrogen-bond acceptors (Lipinski definition) is 3. The van der Waals surface area contributed by atoms with Crippen molar-refractivity contribution in [2.75, 3.05) is 4.90 Å². The molecule has 0 bridgehead atoms. The van der Waals surface area contributed by atoms with E-state index in [0.717, 1.165) is 11.3 Å².